The fourth-order valence-electron chi connectivity index (χ4n) is 2.06. The molecule has 0 aliphatic heterocycles. The third-order valence-corrected chi connectivity index (χ3v) is 4.08. The Balaban J connectivity index is 2.03. The van der Waals surface area contributed by atoms with E-state index in [0.717, 1.165) is 16.3 Å². The van der Waals surface area contributed by atoms with Crippen molar-refractivity contribution >= 4 is 22.1 Å². The average molecular weight is 254 g/mol. The lowest BCUT2D eigenvalue weighted by Crippen LogP contribution is -2.11. The Morgan fingerprint density at radius 2 is 1.89 bits per heavy atom. The Labute approximate surface area is 110 Å². The molecule has 90 valence electrons. The van der Waals surface area contributed by atoms with Crippen molar-refractivity contribution < 1.29 is 0 Å². The zero-order valence-electron chi connectivity index (χ0n) is 10.1. The molecule has 1 atom stereocenters. The summed E-state index contributed by atoms with van der Waals surface area (Å²) in [5.74, 6) is 0. The lowest BCUT2D eigenvalue weighted by molar-refractivity contribution is 0.854. The van der Waals surface area contributed by atoms with Crippen LogP contribution in [0.1, 0.15) is 22.3 Å². The Morgan fingerprint density at radius 1 is 1.11 bits per heavy atom. The van der Waals surface area contributed by atoms with Crippen LogP contribution in [0.25, 0.3) is 10.8 Å². The van der Waals surface area contributed by atoms with E-state index in [-0.39, 0.29) is 6.04 Å². The number of aromatic nitrogens is 1. The molecular formula is C15H14N2S. The van der Waals surface area contributed by atoms with E-state index in [2.05, 4.69) is 35.3 Å². The zero-order chi connectivity index (χ0) is 12.5. The summed E-state index contributed by atoms with van der Waals surface area (Å²) in [6.45, 7) is 1.99. The molecule has 18 heavy (non-hydrogen) atoms. The Hall–Kier alpha value is -1.71. The van der Waals surface area contributed by atoms with Gasteiger partial charge in [-0.3, -0.25) is 0 Å². The molecule has 0 radical (unpaired) electrons. The number of benzene rings is 2. The molecule has 2 nitrogen and oxygen atoms in total. The molecule has 1 aromatic heterocycles. The third-order valence-electron chi connectivity index (χ3n) is 3.04. The summed E-state index contributed by atoms with van der Waals surface area (Å²) < 4.78 is 0. The highest BCUT2D eigenvalue weighted by Crippen LogP contribution is 2.25. The van der Waals surface area contributed by atoms with E-state index >= 15 is 0 Å². The van der Waals surface area contributed by atoms with Gasteiger partial charge in [0.1, 0.15) is 5.01 Å². The highest BCUT2D eigenvalue weighted by Gasteiger charge is 2.12. The van der Waals surface area contributed by atoms with Crippen molar-refractivity contribution in [2.45, 2.75) is 13.0 Å². The van der Waals surface area contributed by atoms with Gasteiger partial charge in [-0.25, -0.2) is 4.98 Å². The second-order valence-electron chi connectivity index (χ2n) is 4.41. The van der Waals surface area contributed by atoms with Gasteiger partial charge in [-0.05, 0) is 29.3 Å². The highest BCUT2D eigenvalue weighted by molar-refractivity contribution is 7.09. The van der Waals surface area contributed by atoms with Crippen LogP contribution in [-0.2, 0) is 0 Å². The van der Waals surface area contributed by atoms with Crippen LogP contribution in [0.15, 0.2) is 47.8 Å². The molecule has 2 N–H and O–H groups in total. The van der Waals surface area contributed by atoms with Crippen LogP contribution in [0.5, 0.6) is 0 Å². The van der Waals surface area contributed by atoms with E-state index < -0.39 is 0 Å². The van der Waals surface area contributed by atoms with Gasteiger partial charge in [-0.15, -0.1) is 11.3 Å². The largest absolute Gasteiger partial charge is 0.318 e. The normalized spacial score (nSPS) is 12.8. The first-order valence-corrected chi connectivity index (χ1v) is 6.78. The second-order valence-corrected chi connectivity index (χ2v) is 5.30. The van der Waals surface area contributed by atoms with Gasteiger partial charge in [0.25, 0.3) is 0 Å². The molecule has 0 aliphatic carbocycles. The van der Waals surface area contributed by atoms with Crippen molar-refractivity contribution in [1.82, 2.24) is 4.98 Å². The van der Waals surface area contributed by atoms with Gasteiger partial charge in [0.05, 0.1) is 6.04 Å². The van der Waals surface area contributed by atoms with Crippen molar-refractivity contribution in [2.75, 3.05) is 0 Å². The molecule has 1 unspecified atom stereocenters. The smallest absolute Gasteiger partial charge is 0.114 e. The predicted octanol–water partition coefficient (Wildman–Crippen LogP) is 3.65. The number of rotatable bonds is 2. The van der Waals surface area contributed by atoms with Crippen LogP contribution >= 0.6 is 11.3 Å². The van der Waals surface area contributed by atoms with Gasteiger partial charge in [0, 0.05) is 11.1 Å². The van der Waals surface area contributed by atoms with E-state index in [0.29, 0.717) is 0 Å². The summed E-state index contributed by atoms with van der Waals surface area (Å²) in [5, 5.41) is 5.47. The maximum absolute atomic E-state index is 6.27. The number of hydrogen-bond acceptors (Lipinski definition) is 3. The molecular weight excluding hydrogens is 240 g/mol. The minimum absolute atomic E-state index is 0.131. The van der Waals surface area contributed by atoms with Crippen LogP contribution in [0.2, 0.25) is 0 Å². The maximum atomic E-state index is 6.27. The monoisotopic (exact) mass is 254 g/mol. The fourth-order valence-corrected chi connectivity index (χ4v) is 2.88. The summed E-state index contributed by atoms with van der Waals surface area (Å²) in [6, 6.07) is 14.5. The van der Waals surface area contributed by atoms with Gasteiger partial charge in [-0.1, -0.05) is 36.4 Å². The van der Waals surface area contributed by atoms with Gasteiger partial charge in [-0.2, -0.15) is 0 Å². The number of hydrogen-bond donors (Lipinski definition) is 1. The van der Waals surface area contributed by atoms with E-state index in [1.165, 1.54) is 10.8 Å². The molecule has 2 aromatic carbocycles. The molecule has 0 aliphatic rings. The van der Waals surface area contributed by atoms with Gasteiger partial charge in [0.15, 0.2) is 0 Å². The minimum Gasteiger partial charge on any atom is -0.318 e. The first-order valence-electron chi connectivity index (χ1n) is 5.90. The summed E-state index contributed by atoms with van der Waals surface area (Å²) in [5.41, 5.74) is 8.42. The Morgan fingerprint density at radius 3 is 2.61 bits per heavy atom. The predicted molar refractivity (Wildman–Crippen MR) is 76.8 cm³/mol. The summed E-state index contributed by atoms with van der Waals surface area (Å²) >= 11 is 1.62. The van der Waals surface area contributed by atoms with Crippen LogP contribution in [0.3, 0.4) is 0 Å². The van der Waals surface area contributed by atoms with Crippen LogP contribution in [0, 0.1) is 6.92 Å². The molecule has 3 heteroatoms. The molecule has 3 aromatic rings. The number of nitrogens with two attached hydrogens (primary N) is 1. The molecule has 1 heterocycles. The lowest BCUT2D eigenvalue weighted by atomic mass is 10.0. The lowest BCUT2D eigenvalue weighted by Gasteiger charge is -2.10. The summed E-state index contributed by atoms with van der Waals surface area (Å²) in [4.78, 5) is 4.46. The molecule has 0 fully saturated rings. The van der Waals surface area contributed by atoms with Crippen LogP contribution in [0.4, 0.5) is 0 Å². The van der Waals surface area contributed by atoms with Gasteiger partial charge >= 0.3 is 0 Å². The van der Waals surface area contributed by atoms with Gasteiger partial charge in [0.2, 0.25) is 0 Å². The quantitative estimate of drug-likeness (QED) is 0.758. The van der Waals surface area contributed by atoms with Crippen molar-refractivity contribution in [3.05, 3.63) is 64.1 Å². The average Bonchev–Trinajstić information content (AvgIpc) is 2.84. The van der Waals surface area contributed by atoms with E-state index in [4.69, 9.17) is 5.73 Å². The Bertz CT molecular complexity index is 688. The van der Waals surface area contributed by atoms with E-state index in [9.17, 15) is 0 Å². The minimum atomic E-state index is -0.131. The van der Waals surface area contributed by atoms with Crippen molar-refractivity contribution in [2.24, 2.45) is 5.73 Å². The van der Waals surface area contributed by atoms with Crippen LogP contribution < -0.4 is 5.73 Å². The van der Waals surface area contributed by atoms with Crippen LogP contribution in [-0.4, -0.2) is 4.98 Å². The second kappa shape index (κ2) is 4.52. The molecule has 0 amide bonds. The topological polar surface area (TPSA) is 38.9 Å². The number of nitrogens with zero attached hydrogens (tertiary/aromatic N) is 1. The molecule has 3 rings (SSSR count). The Kier molecular flexibility index (Phi) is 2.86. The van der Waals surface area contributed by atoms with Crippen molar-refractivity contribution in [3.8, 4) is 0 Å². The van der Waals surface area contributed by atoms with E-state index in [1.54, 1.807) is 11.3 Å². The molecule has 0 saturated carbocycles. The summed E-state index contributed by atoms with van der Waals surface area (Å²) in [7, 11) is 0. The number of thiazole rings is 1. The third kappa shape index (κ3) is 2.03. The maximum Gasteiger partial charge on any atom is 0.114 e. The first-order chi connectivity index (χ1) is 8.74. The van der Waals surface area contributed by atoms with E-state index in [1.807, 2.05) is 24.4 Å². The van der Waals surface area contributed by atoms with Crippen molar-refractivity contribution in [1.29, 1.82) is 0 Å². The standard InChI is InChI=1S/C15H14N2S/c1-10-9-18-15(17-10)14(16)13-7-6-11-4-2-3-5-12(11)8-13/h2-9,14H,16H2,1H3. The number of aryl methyl sites for hydroxylation is 1. The zero-order valence-corrected chi connectivity index (χ0v) is 10.9. The molecule has 0 spiro atoms. The fraction of sp³-hybridized carbons (Fsp3) is 0.133. The first kappa shape index (κ1) is 11.4. The van der Waals surface area contributed by atoms with Gasteiger partial charge < -0.3 is 5.73 Å². The summed E-state index contributed by atoms with van der Waals surface area (Å²) in [6.07, 6.45) is 0. The highest BCUT2D eigenvalue weighted by atomic mass is 32.1. The SMILES string of the molecule is Cc1csc(C(N)c2ccc3ccccc3c2)n1. The molecule has 0 bridgehead atoms. The molecule has 0 saturated heterocycles. The van der Waals surface area contributed by atoms with Crippen molar-refractivity contribution in [3.63, 3.8) is 0 Å². The number of fused-ring (bicyclic) bond motifs is 1.